The molecule has 1 aliphatic heterocycles. The summed E-state index contributed by atoms with van der Waals surface area (Å²) in [6.45, 7) is 0.754. The van der Waals surface area contributed by atoms with E-state index >= 15 is 0 Å². The average molecular weight is 332 g/mol. The van der Waals surface area contributed by atoms with E-state index in [0.717, 1.165) is 6.42 Å². The minimum atomic E-state index is -4.33. The largest absolute Gasteiger partial charge is 0.389 e. The van der Waals surface area contributed by atoms with E-state index in [1.165, 1.54) is 4.90 Å². The smallest absolute Gasteiger partial charge is 0.368 e. The number of halogens is 3. The summed E-state index contributed by atoms with van der Waals surface area (Å²) in [6, 6.07) is 0. The van der Waals surface area contributed by atoms with Crippen molar-refractivity contribution in [3.8, 4) is 0 Å². The van der Waals surface area contributed by atoms with Crippen molar-refractivity contribution >= 4 is 11.8 Å². The number of primary amides is 1. The van der Waals surface area contributed by atoms with E-state index < -0.39 is 30.8 Å². The zero-order valence-corrected chi connectivity index (χ0v) is 12.6. The number of hydrogen-bond acceptors (Lipinski definition) is 3. The molecule has 23 heavy (non-hydrogen) atoms. The fourth-order valence-electron chi connectivity index (χ4n) is 2.80. The number of piperidine rings is 1. The summed E-state index contributed by atoms with van der Waals surface area (Å²) < 4.78 is 38.3. The summed E-state index contributed by atoms with van der Waals surface area (Å²) in [5, 5.41) is 0. The molecule has 2 amide bonds. The number of amides is 2. The summed E-state index contributed by atoms with van der Waals surface area (Å²) >= 11 is 0. The Hall–Kier alpha value is -2.06. The first kappa shape index (κ1) is 17.3. The highest BCUT2D eigenvalue weighted by Gasteiger charge is 2.31. The summed E-state index contributed by atoms with van der Waals surface area (Å²) in [5.74, 6) is -0.469. The molecule has 1 aliphatic rings. The Morgan fingerprint density at radius 3 is 2.78 bits per heavy atom. The van der Waals surface area contributed by atoms with Gasteiger partial charge in [0.15, 0.2) is 0 Å². The molecule has 1 atom stereocenters. The van der Waals surface area contributed by atoms with Crippen molar-refractivity contribution in [1.82, 2.24) is 14.5 Å². The SMILES string of the molecule is NC(=O)Cn1ccnc1[C@@H]1CCCN(C(=O)CCC(F)(F)F)C1. The molecule has 0 radical (unpaired) electrons. The first-order chi connectivity index (χ1) is 10.8. The Bertz CT molecular complexity index is 571. The number of aromatic nitrogens is 2. The summed E-state index contributed by atoms with van der Waals surface area (Å²) in [5.41, 5.74) is 5.18. The fourth-order valence-corrected chi connectivity index (χ4v) is 2.80. The van der Waals surface area contributed by atoms with Crippen molar-refractivity contribution in [3.63, 3.8) is 0 Å². The molecule has 2 heterocycles. The predicted octanol–water partition coefficient (Wildman–Crippen LogP) is 1.42. The fraction of sp³-hybridized carbons (Fsp3) is 0.643. The number of alkyl halides is 3. The number of carbonyl (C=O) groups is 2. The van der Waals surface area contributed by atoms with Crippen molar-refractivity contribution in [2.24, 2.45) is 5.73 Å². The number of rotatable bonds is 5. The number of carbonyl (C=O) groups excluding carboxylic acids is 2. The number of likely N-dealkylation sites (tertiary alicyclic amines) is 1. The Kier molecular flexibility index (Phi) is 5.27. The van der Waals surface area contributed by atoms with Crippen LogP contribution in [0, 0.1) is 0 Å². The van der Waals surface area contributed by atoms with Crippen LogP contribution in [0.1, 0.15) is 37.4 Å². The van der Waals surface area contributed by atoms with Gasteiger partial charge < -0.3 is 15.2 Å². The molecule has 2 rings (SSSR count). The molecule has 1 aromatic rings. The molecular formula is C14H19F3N4O2. The van der Waals surface area contributed by atoms with E-state index in [1.807, 2.05) is 0 Å². The highest BCUT2D eigenvalue weighted by molar-refractivity contribution is 5.76. The van der Waals surface area contributed by atoms with E-state index in [0.29, 0.717) is 25.3 Å². The second-order valence-corrected chi connectivity index (χ2v) is 5.67. The summed E-state index contributed by atoms with van der Waals surface area (Å²) in [7, 11) is 0. The maximum absolute atomic E-state index is 12.2. The molecule has 9 heteroatoms. The third-order valence-electron chi connectivity index (χ3n) is 3.84. The zero-order chi connectivity index (χ0) is 17.0. The van der Waals surface area contributed by atoms with Crippen LogP contribution in [0.4, 0.5) is 13.2 Å². The van der Waals surface area contributed by atoms with Crippen molar-refractivity contribution < 1.29 is 22.8 Å². The standard InChI is InChI=1S/C14H19F3N4O2/c15-14(16,17)4-3-12(23)20-6-1-2-10(8-20)13-19-5-7-21(13)9-11(18)22/h5,7,10H,1-4,6,8-9H2,(H2,18,22)/t10-/m1/s1. The van der Waals surface area contributed by atoms with Crippen molar-refractivity contribution in [3.05, 3.63) is 18.2 Å². The van der Waals surface area contributed by atoms with Crippen LogP contribution in [0.15, 0.2) is 12.4 Å². The molecule has 1 saturated heterocycles. The zero-order valence-electron chi connectivity index (χ0n) is 12.6. The van der Waals surface area contributed by atoms with E-state index in [4.69, 9.17) is 5.73 Å². The molecule has 128 valence electrons. The van der Waals surface area contributed by atoms with Gasteiger partial charge in [-0.05, 0) is 12.8 Å². The van der Waals surface area contributed by atoms with E-state index in [1.54, 1.807) is 17.0 Å². The van der Waals surface area contributed by atoms with E-state index in [9.17, 15) is 22.8 Å². The average Bonchev–Trinajstić information content (AvgIpc) is 2.91. The Morgan fingerprint density at radius 1 is 1.39 bits per heavy atom. The van der Waals surface area contributed by atoms with Gasteiger partial charge in [0, 0.05) is 37.8 Å². The predicted molar refractivity (Wildman–Crippen MR) is 75.3 cm³/mol. The second-order valence-electron chi connectivity index (χ2n) is 5.67. The highest BCUT2D eigenvalue weighted by Crippen LogP contribution is 2.27. The van der Waals surface area contributed by atoms with Crippen LogP contribution in [0.25, 0.3) is 0 Å². The van der Waals surface area contributed by atoms with Crippen molar-refractivity contribution in [1.29, 1.82) is 0 Å². The van der Waals surface area contributed by atoms with Gasteiger partial charge in [0.2, 0.25) is 11.8 Å². The minimum Gasteiger partial charge on any atom is -0.368 e. The van der Waals surface area contributed by atoms with Gasteiger partial charge in [0.05, 0.1) is 6.42 Å². The van der Waals surface area contributed by atoms with Gasteiger partial charge in [0.25, 0.3) is 0 Å². The summed E-state index contributed by atoms with van der Waals surface area (Å²) in [6.07, 6.45) is -1.35. The van der Waals surface area contributed by atoms with Gasteiger partial charge in [-0.3, -0.25) is 9.59 Å². The monoisotopic (exact) mass is 332 g/mol. The summed E-state index contributed by atoms with van der Waals surface area (Å²) in [4.78, 5) is 28.7. The second kappa shape index (κ2) is 7.01. The Morgan fingerprint density at radius 2 is 2.13 bits per heavy atom. The van der Waals surface area contributed by atoms with Gasteiger partial charge in [-0.25, -0.2) is 4.98 Å². The first-order valence-corrected chi connectivity index (χ1v) is 7.40. The minimum absolute atomic E-state index is 0.00610. The van der Waals surface area contributed by atoms with Crippen LogP contribution in [0.3, 0.4) is 0 Å². The number of hydrogen-bond donors (Lipinski definition) is 1. The third kappa shape index (κ3) is 4.97. The van der Waals surface area contributed by atoms with Crippen LogP contribution in [-0.2, 0) is 16.1 Å². The highest BCUT2D eigenvalue weighted by atomic mass is 19.4. The molecule has 1 aromatic heterocycles. The van der Waals surface area contributed by atoms with Gasteiger partial charge in [-0.15, -0.1) is 0 Å². The lowest BCUT2D eigenvalue weighted by molar-refractivity contribution is -0.149. The molecule has 0 aliphatic carbocycles. The van der Waals surface area contributed by atoms with Crippen LogP contribution in [-0.4, -0.2) is 45.5 Å². The first-order valence-electron chi connectivity index (χ1n) is 7.40. The van der Waals surface area contributed by atoms with Crippen molar-refractivity contribution in [2.45, 2.75) is 44.3 Å². The van der Waals surface area contributed by atoms with Gasteiger partial charge in [0.1, 0.15) is 12.4 Å². The lowest BCUT2D eigenvalue weighted by Gasteiger charge is -2.32. The molecule has 0 spiro atoms. The van der Waals surface area contributed by atoms with Crippen LogP contribution >= 0.6 is 0 Å². The Labute approximate surface area is 131 Å². The van der Waals surface area contributed by atoms with Gasteiger partial charge in [-0.1, -0.05) is 0 Å². The van der Waals surface area contributed by atoms with E-state index in [2.05, 4.69) is 4.98 Å². The quantitative estimate of drug-likeness (QED) is 0.885. The Balaban J connectivity index is 1.99. The van der Waals surface area contributed by atoms with E-state index in [-0.39, 0.29) is 12.5 Å². The van der Waals surface area contributed by atoms with Gasteiger partial charge in [-0.2, -0.15) is 13.2 Å². The third-order valence-corrected chi connectivity index (χ3v) is 3.84. The molecule has 0 aromatic carbocycles. The molecule has 6 nitrogen and oxygen atoms in total. The maximum atomic E-state index is 12.2. The molecule has 0 bridgehead atoms. The lowest BCUT2D eigenvalue weighted by atomic mass is 9.96. The number of nitrogens with zero attached hydrogens (tertiary/aromatic N) is 3. The molecular weight excluding hydrogens is 313 g/mol. The van der Waals surface area contributed by atoms with Crippen molar-refractivity contribution in [2.75, 3.05) is 13.1 Å². The van der Waals surface area contributed by atoms with Crippen LogP contribution in [0.2, 0.25) is 0 Å². The maximum Gasteiger partial charge on any atom is 0.389 e. The molecule has 0 saturated carbocycles. The number of imidazole rings is 1. The lowest BCUT2D eigenvalue weighted by Crippen LogP contribution is -2.40. The molecule has 2 N–H and O–H groups in total. The topological polar surface area (TPSA) is 81.2 Å². The normalized spacial score (nSPS) is 18.9. The van der Waals surface area contributed by atoms with Gasteiger partial charge >= 0.3 is 6.18 Å². The van der Waals surface area contributed by atoms with Crippen LogP contribution < -0.4 is 5.73 Å². The van der Waals surface area contributed by atoms with Crippen LogP contribution in [0.5, 0.6) is 0 Å². The molecule has 0 unspecified atom stereocenters. The number of nitrogens with two attached hydrogens (primary N) is 1. The molecule has 1 fully saturated rings.